The van der Waals surface area contributed by atoms with Crippen molar-refractivity contribution in [3.05, 3.63) is 56.3 Å². The first-order valence-electron chi connectivity index (χ1n) is 14.1. The number of thiophene rings is 2. The lowest BCUT2D eigenvalue weighted by Gasteiger charge is -2.28. The lowest BCUT2D eigenvalue weighted by Crippen LogP contribution is -2.68. The molecule has 0 spiro atoms. The molecule has 11 nitrogen and oxygen atoms in total. The van der Waals surface area contributed by atoms with Crippen LogP contribution in [0.3, 0.4) is 0 Å². The number of fused-ring (bicyclic) bond motifs is 2. The smallest absolute Gasteiger partial charge is 0.254 e. The number of hydrogen-bond donors (Lipinski definition) is 3. The van der Waals surface area contributed by atoms with Crippen LogP contribution in [0.5, 0.6) is 0 Å². The number of aromatic nitrogens is 4. The molecule has 0 unspecified atom stereocenters. The summed E-state index contributed by atoms with van der Waals surface area (Å²) in [5.74, 6) is 0.00681. The number of nitrogens with one attached hydrogen (secondary N) is 1. The van der Waals surface area contributed by atoms with E-state index in [9.17, 15) is 9.59 Å². The summed E-state index contributed by atoms with van der Waals surface area (Å²) < 4.78 is 8.99. The summed E-state index contributed by atoms with van der Waals surface area (Å²) in [4.78, 5) is 34.9. The zero-order valence-electron chi connectivity index (χ0n) is 22.9. The van der Waals surface area contributed by atoms with Crippen molar-refractivity contribution in [3.63, 3.8) is 0 Å². The number of rotatable bonds is 7. The Morgan fingerprint density at radius 1 is 1.17 bits per heavy atom. The van der Waals surface area contributed by atoms with Crippen LogP contribution in [0, 0.1) is 0 Å². The third-order valence-corrected chi connectivity index (χ3v) is 11.5. The average molecular weight is 624 g/mol. The van der Waals surface area contributed by atoms with E-state index in [0.717, 1.165) is 62.1 Å². The molecule has 1 aliphatic carbocycles. The molecular weight excluding hydrogens is 593 g/mol. The van der Waals surface area contributed by atoms with E-state index >= 15 is 0 Å². The number of carbonyl (C=O) groups excluding carboxylic acids is 1. The maximum atomic E-state index is 13.0. The van der Waals surface area contributed by atoms with Crippen LogP contribution >= 0.6 is 34.0 Å². The summed E-state index contributed by atoms with van der Waals surface area (Å²) in [6, 6.07) is 6.34. The van der Waals surface area contributed by atoms with Gasteiger partial charge in [0.1, 0.15) is 17.9 Å². The zero-order valence-corrected chi connectivity index (χ0v) is 25.3. The van der Waals surface area contributed by atoms with Gasteiger partial charge in [-0.15, -0.1) is 44.2 Å². The molecule has 1 saturated heterocycles. The minimum absolute atomic E-state index is 0.0534. The van der Waals surface area contributed by atoms with Crippen molar-refractivity contribution in [1.82, 2.24) is 19.6 Å². The maximum absolute atomic E-state index is 13.0. The van der Waals surface area contributed by atoms with Crippen LogP contribution < -0.4 is 27.1 Å². The molecule has 5 aromatic heterocycles. The summed E-state index contributed by atoms with van der Waals surface area (Å²) in [5, 5.41) is 14.9. The Balaban J connectivity index is 1.23. The number of anilines is 2. The highest BCUT2D eigenvalue weighted by atomic mass is 32.1. The number of carbonyl (C=O) groups is 1. The van der Waals surface area contributed by atoms with Gasteiger partial charge in [0.2, 0.25) is 5.95 Å². The normalized spacial score (nSPS) is 19.5. The van der Waals surface area contributed by atoms with Gasteiger partial charge < -0.3 is 26.4 Å². The first kappa shape index (κ1) is 27.4. The second-order valence-electron chi connectivity index (χ2n) is 10.7. The Hall–Kier alpha value is -3.43. The van der Waals surface area contributed by atoms with Crippen molar-refractivity contribution in [3.8, 4) is 10.4 Å². The molecule has 14 heteroatoms. The van der Waals surface area contributed by atoms with Gasteiger partial charge in [-0.1, -0.05) is 6.42 Å². The maximum Gasteiger partial charge on any atom is 0.254 e. The molecule has 1 amide bonds. The quantitative estimate of drug-likeness (QED) is 0.250. The highest BCUT2D eigenvalue weighted by Gasteiger charge is 2.28. The zero-order chi connectivity index (χ0) is 28.8. The van der Waals surface area contributed by atoms with E-state index in [2.05, 4.69) is 43.7 Å². The fraction of sp³-hybridized carbons (Fsp3) is 0.393. The van der Waals surface area contributed by atoms with Gasteiger partial charge in [-0.25, -0.2) is 4.98 Å². The lowest BCUT2D eigenvalue weighted by atomic mass is 9.91. The molecule has 1 saturated carbocycles. The van der Waals surface area contributed by atoms with Gasteiger partial charge in [-0.05, 0) is 25.0 Å². The molecule has 2 aliphatic rings. The van der Waals surface area contributed by atoms with Crippen molar-refractivity contribution >= 4 is 65.9 Å². The third-order valence-electron chi connectivity index (χ3n) is 8.02. The highest BCUT2D eigenvalue weighted by molar-refractivity contribution is 7.29. The van der Waals surface area contributed by atoms with Gasteiger partial charge in [0.25, 0.3) is 5.91 Å². The third kappa shape index (κ3) is 5.07. The lowest BCUT2D eigenvalue weighted by molar-refractivity contribution is -0.427. The summed E-state index contributed by atoms with van der Waals surface area (Å²) >= 11 is 4.78. The molecule has 0 bridgehead atoms. The molecule has 0 aromatic carbocycles. The van der Waals surface area contributed by atoms with E-state index in [1.807, 2.05) is 0 Å². The van der Waals surface area contributed by atoms with Crippen molar-refractivity contribution in [2.75, 3.05) is 36.5 Å². The fourth-order valence-corrected chi connectivity index (χ4v) is 9.34. The Morgan fingerprint density at radius 2 is 2.00 bits per heavy atom. The van der Waals surface area contributed by atoms with E-state index in [0.29, 0.717) is 36.9 Å². The van der Waals surface area contributed by atoms with E-state index in [1.54, 1.807) is 39.5 Å². The number of amides is 1. The number of morpholine rings is 1. The Kier molecular flexibility index (Phi) is 7.40. The molecule has 0 radical (unpaired) electrons. The van der Waals surface area contributed by atoms with Crippen molar-refractivity contribution < 1.29 is 15.3 Å². The van der Waals surface area contributed by atoms with Crippen LogP contribution in [0.4, 0.5) is 10.9 Å². The van der Waals surface area contributed by atoms with E-state index in [1.165, 1.54) is 17.8 Å². The van der Waals surface area contributed by atoms with Crippen LogP contribution in [-0.2, 0) is 11.2 Å². The van der Waals surface area contributed by atoms with Gasteiger partial charge in [-0.3, -0.25) is 14.0 Å². The number of hydrogen-bond acceptors (Lipinski definition) is 11. The van der Waals surface area contributed by atoms with E-state index in [-0.39, 0.29) is 23.1 Å². The Morgan fingerprint density at radius 3 is 2.81 bits per heavy atom. The first-order valence-corrected chi connectivity index (χ1v) is 16.6. The Bertz CT molecular complexity index is 1840. The summed E-state index contributed by atoms with van der Waals surface area (Å²) in [6.07, 6.45) is 6.36. The van der Waals surface area contributed by atoms with Crippen LogP contribution in [0.1, 0.15) is 46.6 Å². The number of nitrogens with zero attached hydrogens (tertiary/aromatic N) is 5. The van der Waals surface area contributed by atoms with Crippen molar-refractivity contribution in [1.29, 1.82) is 0 Å². The van der Waals surface area contributed by atoms with Gasteiger partial charge in [0, 0.05) is 52.7 Å². The summed E-state index contributed by atoms with van der Waals surface area (Å²) in [7, 11) is 0. The van der Waals surface area contributed by atoms with Crippen molar-refractivity contribution in [2.45, 2.75) is 44.2 Å². The summed E-state index contributed by atoms with van der Waals surface area (Å²) in [5.41, 5.74) is 12.5. The van der Waals surface area contributed by atoms with Gasteiger partial charge >= 0.3 is 0 Å². The van der Waals surface area contributed by atoms with Gasteiger partial charge in [0.05, 0.1) is 39.4 Å². The van der Waals surface area contributed by atoms with Crippen LogP contribution in [0.15, 0.2) is 34.7 Å². The van der Waals surface area contributed by atoms with Crippen molar-refractivity contribution in [2.24, 2.45) is 5.73 Å². The van der Waals surface area contributed by atoms with Gasteiger partial charge in [0.15, 0.2) is 11.1 Å². The van der Waals surface area contributed by atoms with Crippen LogP contribution in [-0.4, -0.2) is 63.9 Å². The number of primary amides is 1. The second-order valence-corrected chi connectivity index (χ2v) is 13.8. The minimum Gasteiger partial charge on any atom is -0.378 e. The fourth-order valence-electron chi connectivity index (χ4n) is 5.80. The molecule has 7 rings (SSSR count). The largest absolute Gasteiger partial charge is 0.378 e. The molecule has 218 valence electrons. The topological polar surface area (TPSA) is 155 Å². The standard InChI is InChI=1S/C28H30N8O3S3/c29-17-3-1-2-4-18(17)32-28-33-19(23(26(30)38)27-34-31-14-36(27)28)11-15-5-6-21(41-15)16-13-40-25-20(37)12-22(42-24(16)25)35-7-9-39-10-8-35/h5-6,12-14,17-18H,1-4,7-11,29H2,(H2,30,38)(H,32,33)/p+1/t17-,18+/m1/s1. The van der Waals surface area contributed by atoms with Crippen LogP contribution in [0.25, 0.3) is 25.5 Å². The second kappa shape index (κ2) is 11.3. The van der Waals surface area contributed by atoms with E-state index < -0.39 is 5.91 Å². The predicted octanol–water partition coefficient (Wildman–Crippen LogP) is 2.98. The highest BCUT2D eigenvalue weighted by Crippen LogP contribution is 2.41. The molecule has 2 atom stereocenters. The molecular formula is C28H31N8O3S3+. The molecule has 2 fully saturated rings. The monoisotopic (exact) mass is 623 g/mol. The molecule has 1 aliphatic heterocycles. The number of nitrogens with two attached hydrogens (primary N) is 1. The molecule has 6 heterocycles. The first-order chi connectivity index (χ1) is 20.5. The number of ether oxygens (including phenoxy) is 1. The summed E-state index contributed by atoms with van der Waals surface area (Å²) in [6.45, 7) is 2.89. The van der Waals surface area contributed by atoms with Crippen LogP contribution in [0.2, 0.25) is 0 Å². The predicted molar refractivity (Wildman–Crippen MR) is 167 cm³/mol. The minimum atomic E-state index is -0.587. The van der Waals surface area contributed by atoms with E-state index in [4.69, 9.17) is 15.5 Å². The Labute approximate surface area is 253 Å². The SMILES string of the molecule is NC(=O)c1c(Cc2ccc(-c3csc4c(=O)cc(N5CCOCC5)sc34)s2)nc(N[C@H]2CCCC[C@H]2[NH3+])n2cnnc12. The number of quaternary nitrogens is 1. The average Bonchev–Trinajstić information content (AvgIpc) is 3.75. The molecule has 42 heavy (non-hydrogen) atoms. The van der Waals surface area contributed by atoms with Gasteiger partial charge in [-0.2, -0.15) is 0 Å². The molecule has 6 N–H and O–H groups in total. The molecule has 5 aromatic rings.